The summed E-state index contributed by atoms with van der Waals surface area (Å²) >= 11 is 0. The van der Waals surface area contributed by atoms with E-state index in [0.29, 0.717) is 24.8 Å². The molecule has 2 unspecified atom stereocenters. The van der Waals surface area contributed by atoms with E-state index in [0.717, 1.165) is 57.3 Å². The van der Waals surface area contributed by atoms with E-state index in [-0.39, 0.29) is 17.9 Å². The number of nitrogens with zero attached hydrogens (tertiary/aromatic N) is 1. The van der Waals surface area contributed by atoms with Gasteiger partial charge in [-0.3, -0.25) is 9.59 Å². The highest BCUT2D eigenvalue weighted by Crippen LogP contribution is 2.18. The monoisotopic (exact) mass is 385 g/mol. The smallest absolute Gasteiger partial charge is 0.237 e. The van der Waals surface area contributed by atoms with Gasteiger partial charge in [0.2, 0.25) is 11.8 Å². The number of carbonyl (C=O) groups excluding carboxylic acids is 2. The third-order valence-corrected chi connectivity index (χ3v) is 5.84. The van der Waals surface area contributed by atoms with E-state index in [2.05, 4.69) is 48.7 Å². The van der Waals surface area contributed by atoms with Gasteiger partial charge in [-0.2, -0.15) is 0 Å². The molecule has 2 N–H and O–H groups in total. The summed E-state index contributed by atoms with van der Waals surface area (Å²) in [6, 6.07) is 8.44. The molecule has 0 spiro atoms. The second-order valence-corrected chi connectivity index (χ2v) is 8.83. The lowest BCUT2D eigenvalue weighted by atomic mass is 9.96. The topological polar surface area (TPSA) is 61.4 Å². The molecule has 2 saturated heterocycles. The Morgan fingerprint density at radius 2 is 1.89 bits per heavy atom. The van der Waals surface area contributed by atoms with Gasteiger partial charge in [0.1, 0.15) is 0 Å². The van der Waals surface area contributed by atoms with Crippen molar-refractivity contribution in [2.75, 3.05) is 26.2 Å². The third kappa shape index (κ3) is 6.06. The Labute approximate surface area is 169 Å². The number of amides is 2. The first-order valence-electron chi connectivity index (χ1n) is 10.9. The van der Waals surface area contributed by atoms with E-state index in [1.54, 1.807) is 0 Å². The van der Waals surface area contributed by atoms with Crippen molar-refractivity contribution >= 4 is 11.8 Å². The Hall–Kier alpha value is -1.88. The molecule has 5 heteroatoms. The lowest BCUT2D eigenvalue weighted by Crippen LogP contribution is -2.47. The minimum atomic E-state index is -0.0278. The molecule has 5 nitrogen and oxygen atoms in total. The van der Waals surface area contributed by atoms with Crippen LogP contribution in [0.25, 0.3) is 0 Å². The number of piperidine rings is 1. The van der Waals surface area contributed by atoms with Gasteiger partial charge in [0.25, 0.3) is 0 Å². The second kappa shape index (κ2) is 10.1. The zero-order valence-electron chi connectivity index (χ0n) is 17.4. The molecule has 2 heterocycles. The molecule has 2 aliphatic heterocycles. The number of benzene rings is 1. The summed E-state index contributed by atoms with van der Waals surface area (Å²) in [5.74, 6) is 1.31. The van der Waals surface area contributed by atoms with Gasteiger partial charge >= 0.3 is 0 Å². The highest BCUT2D eigenvalue weighted by molar-refractivity contribution is 5.82. The van der Waals surface area contributed by atoms with Gasteiger partial charge in [-0.25, -0.2) is 0 Å². The Morgan fingerprint density at radius 3 is 2.57 bits per heavy atom. The fourth-order valence-electron chi connectivity index (χ4n) is 4.29. The summed E-state index contributed by atoms with van der Waals surface area (Å²) in [6.07, 6.45) is 5.63. The normalized spacial score (nSPS) is 22.5. The number of carbonyl (C=O) groups is 2. The van der Waals surface area contributed by atoms with Gasteiger partial charge in [-0.1, -0.05) is 38.1 Å². The molecule has 28 heavy (non-hydrogen) atoms. The van der Waals surface area contributed by atoms with Crippen LogP contribution in [-0.4, -0.2) is 48.9 Å². The summed E-state index contributed by atoms with van der Waals surface area (Å²) in [6.45, 7) is 7.63. The van der Waals surface area contributed by atoms with Crippen molar-refractivity contribution in [1.29, 1.82) is 0 Å². The van der Waals surface area contributed by atoms with Crippen molar-refractivity contribution in [3.8, 4) is 0 Å². The Kier molecular flexibility index (Phi) is 7.49. The van der Waals surface area contributed by atoms with Crippen LogP contribution in [0, 0.1) is 11.8 Å². The lowest BCUT2D eigenvalue weighted by molar-refractivity contribution is -0.132. The molecule has 2 aliphatic rings. The molecule has 1 aromatic carbocycles. The number of hydrogen-bond acceptors (Lipinski definition) is 3. The Bertz CT molecular complexity index is 650. The van der Waals surface area contributed by atoms with Crippen molar-refractivity contribution in [2.45, 2.75) is 58.4 Å². The molecule has 0 aromatic heterocycles. The summed E-state index contributed by atoms with van der Waals surface area (Å²) < 4.78 is 0. The lowest BCUT2D eigenvalue weighted by Gasteiger charge is -2.33. The fraction of sp³-hybridized carbons (Fsp3) is 0.652. The summed E-state index contributed by atoms with van der Waals surface area (Å²) in [5.41, 5.74) is 2.41. The molecule has 0 bridgehead atoms. The van der Waals surface area contributed by atoms with Gasteiger partial charge in [-0.05, 0) is 61.6 Å². The van der Waals surface area contributed by atoms with E-state index in [1.165, 1.54) is 5.56 Å². The zero-order valence-corrected chi connectivity index (χ0v) is 17.4. The maximum atomic E-state index is 12.8. The van der Waals surface area contributed by atoms with Crippen LogP contribution in [0.5, 0.6) is 0 Å². The quantitative estimate of drug-likeness (QED) is 0.758. The van der Waals surface area contributed by atoms with Crippen LogP contribution < -0.4 is 10.6 Å². The Morgan fingerprint density at radius 1 is 1.14 bits per heavy atom. The molecule has 0 radical (unpaired) electrons. The molecule has 0 aliphatic carbocycles. The van der Waals surface area contributed by atoms with Crippen molar-refractivity contribution in [2.24, 2.45) is 11.8 Å². The van der Waals surface area contributed by atoms with Crippen LogP contribution in [0.1, 0.15) is 50.7 Å². The van der Waals surface area contributed by atoms with Crippen molar-refractivity contribution in [3.63, 3.8) is 0 Å². The molecule has 0 saturated carbocycles. The summed E-state index contributed by atoms with van der Waals surface area (Å²) in [5, 5.41) is 6.32. The van der Waals surface area contributed by atoms with Crippen LogP contribution in [-0.2, 0) is 22.4 Å². The van der Waals surface area contributed by atoms with Gasteiger partial charge < -0.3 is 15.5 Å². The summed E-state index contributed by atoms with van der Waals surface area (Å²) in [4.78, 5) is 26.9. The minimum absolute atomic E-state index is 0.0278. The predicted molar refractivity (Wildman–Crippen MR) is 112 cm³/mol. The highest BCUT2D eigenvalue weighted by Gasteiger charge is 2.26. The van der Waals surface area contributed by atoms with Gasteiger partial charge in [-0.15, -0.1) is 0 Å². The van der Waals surface area contributed by atoms with Crippen LogP contribution in [0.2, 0.25) is 0 Å². The average Bonchev–Trinajstić information content (AvgIpc) is 3.22. The van der Waals surface area contributed by atoms with E-state index < -0.39 is 0 Å². The van der Waals surface area contributed by atoms with E-state index in [1.807, 2.05) is 4.90 Å². The van der Waals surface area contributed by atoms with Crippen molar-refractivity contribution in [3.05, 3.63) is 35.4 Å². The average molecular weight is 386 g/mol. The van der Waals surface area contributed by atoms with Gasteiger partial charge in [0.15, 0.2) is 0 Å². The molecule has 154 valence electrons. The first kappa shape index (κ1) is 20.8. The Balaban J connectivity index is 1.45. The van der Waals surface area contributed by atoms with Crippen LogP contribution in [0.3, 0.4) is 0 Å². The van der Waals surface area contributed by atoms with E-state index in [4.69, 9.17) is 0 Å². The molecule has 2 atom stereocenters. The highest BCUT2D eigenvalue weighted by atomic mass is 16.2. The molecule has 2 amide bonds. The molecule has 1 aromatic rings. The number of rotatable bonds is 7. The first-order valence-corrected chi connectivity index (χ1v) is 10.9. The second-order valence-electron chi connectivity index (χ2n) is 8.83. The van der Waals surface area contributed by atoms with Crippen LogP contribution >= 0.6 is 0 Å². The molecular weight excluding hydrogens is 350 g/mol. The third-order valence-electron chi connectivity index (χ3n) is 5.84. The molecule has 2 fully saturated rings. The minimum Gasteiger partial charge on any atom is -0.354 e. The molecular formula is C23H35N3O2. The maximum absolute atomic E-state index is 12.8. The van der Waals surface area contributed by atoms with Crippen LogP contribution in [0.15, 0.2) is 24.3 Å². The number of hydrogen-bond donors (Lipinski definition) is 2. The number of nitrogens with one attached hydrogen (secondary N) is 2. The predicted octanol–water partition coefficient (Wildman–Crippen LogP) is 2.53. The number of likely N-dealkylation sites (tertiary alicyclic amines) is 1. The van der Waals surface area contributed by atoms with Crippen LogP contribution in [0.4, 0.5) is 0 Å². The zero-order chi connectivity index (χ0) is 19.9. The molecule has 3 rings (SSSR count). The fourth-order valence-corrected chi connectivity index (χ4v) is 4.29. The SMILES string of the molecule is CC(C)Cc1ccc(CC(=O)N2CCCC(CNC(=O)C3CCCN3)C2)cc1. The van der Waals surface area contributed by atoms with Crippen molar-refractivity contribution in [1.82, 2.24) is 15.5 Å². The summed E-state index contributed by atoms with van der Waals surface area (Å²) in [7, 11) is 0. The first-order chi connectivity index (χ1) is 13.5. The van der Waals surface area contributed by atoms with E-state index in [9.17, 15) is 9.59 Å². The maximum Gasteiger partial charge on any atom is 0.237 e. The van der Waals surface area contributed by atoms with Gasteiger partial charge in [0, 0.05) is 19.6 Å². The van der Waals surface area contributed by atoms with E-state index >= 15 is 0 Å². The van der Waals surface area contributed by atoms with Crippen molar-refractivity contribution < 1.29 is 9.59 Å². The largest absolute Gasteiger partial charge is 0.354 e. The standard InChI is InChI=1S/C23H35N3O2/c1-17(2)13-18-7-9-19(10-8-18)14-22(27)26-12-4-5-20(16-26)15-25-23(28)21-6-3-11-24-21/h7-10,17,20-21,24H,3-6,11-16H2,1-2H3,(H,25,28). The van der Waals surface area contributed by atoms with Gasteiger partial charge in [0.05, 0.1) is 12.5 Å².